The van der Waals surface area contributed by atoms with Crippen molar-refractivity contribution in [3.8, 4) is 0 Å². The van der Waals surface area contributed by atoms with Crippen LogP contribution in [0.3, 0.4) is 0 Å². The fourth-order valence-corrected chi connectivity index (χ4v) is 3.83. The lowest BCUT2D eigenvalue weighted by molar-refractivity contribution is -0.157. The van der Waals surface area contributed by atoms with Crippen LogP contribution in [0.1, 0.15) is 26.7 Å². The molecule has 3 atom stereocenters. The van der Waals surface area contributed by atoms with Crippen molar-refractivity contribution in [2.75, 3.05) is 27.3 Å². The summed E-state index contributed by atoms with van der Waals surface area (Å²) < 4.78 is 9.79. The fraction of sp³-hybridized carbons (Fsp3) is 0.857. The molecule has 0 aliphatic carbocycles. The molecule has 0 N–H and O–H groups in total. The summed E-state index contributed by atoms with van der Waals surface area (Å²) in [5.41, 5.74) is 0.0138. The molecule has 0 aromatic carbocycles. The van der Waals surface area contributed by atoms with Gasteiger partial charge in [0.05, 0.1) is 26.1 Å². The van der Waals surface area contributed by atoms with Crippen molar-refractivity contribution >= 4 is 11.9 Å². The zero-order valence-corrected chi connectivity index (χ0v) is 12.1. The van der Waals surface area contributed by atoms with E-state index in [-0.39, 0.29) is 23.4 Å². The van der Waals surface area contributed by atoms with Crippen molar-refractivity contribution in [2.45, 2.75) is 32.7 Å². The van der Waals surface area contributed by atoms with Crippen LogP contribution in [0, 0.1) is 17.3 Å². The van der Waals surface area contributed by atoms with Crippen LogP contribution >= 0.6 is 0 Å². The maximum absolute atomic E-state index is 12.1. The third kappa shape index (κ3) is 2.36. The van der Waals surface area contributed by atoms with Crippen LogP contribution < -0.4 is 0 Å². The Morgan fingerprint density at radius 3 is 2.37 bits per heavy atom. The minimum atomic E-state index is -0.409. The number of ether oxygens (including phenoxy) is 2. The standard InChI is InChI=1S/C14H23NO4/c1-14(2)6-5-7-15-8-9(12(16)18-3)10(11(14)15)13(17)19-4/h9-11H,5-8H2,1-4H3/t9-,10-,11+/m0/s1. The third-order valence-corrected chi connectivity index (χ3v) is 4.64. The van der Waals surface area contributed by atoms with Crippen molar-refractivity contribution in [2.24, 2.45) is 17.3 Å². The van der Waals surface area contributed by atoms with E-state index in [0.717, 1.165) is 19.4 Å². The quantitative estimate of drug-likeness (QED) is 0.702. The van der Waals surface area contributed by atoms with E-state index < -0.39 is 11.8 Å². The fourth-order valence-electron chi connectivity index (χ4n) is 3.83. The van der Waals surface area contributed by atoms with Gasteiger partial charge in [0.25, 0.3) is 0 Å². The second-order valence-corrected chi connectivity index (χ2v) is 6.21. The molecule has 2 saturated heterocycles. The largest absolute Gasteiger partial charge is 0.469 e. The molecular weight excluding hydrogens is 246 g/mol. The smallest absolute Gasteiger partial charge is 0.311 e. The Morgan fingerprint density at radius 2 is 1.79 bits per heavy atom. The molecule has 5 nitrogen and oxygen atoms in total. The average molecular weight is 269 g/mol. The predicted octanol–water partition coefficient (Wildman–Crippen LogP) is 1.07. The topological polar surface area (TPSA) is 55.8 Å². The van der Waals surface area contributed by atoms with Gasteiger partial charge in [0.2, 0.25) is 0 Å². The number of esters is 2. The minimum Gasteiger partial charge on any atom is -0.469 e. The van der Waals surface area contributed by atoms with Gasteiger partial charge in [-0.2, -0.15) is 0 Å². The van der Waals surface area contributed by atoms with Gasteiger partial charge in [-0.3, -0.25) is 14.5 Å². The van der Waals surface area contributed by atoms with Crippen LogP contribution in [-0.2, 0) is 19.1 Å². The van der Waals surface area contributed by atoms with Crippen molar-refractivity contribution in [3.63, 3.8) is 0 Å². The van der Waals surface area contributed by atoms with Gasteiger partial charge in [-0.25, -0.2) is 0 Å². The van der Waals surface area contributed by atoms with Crippen LogP contribution in [0.5, 0.6) is 0 Å². The molecule has 0 bridgehead atoms. The molecule has 108 valence electrons. The third-order valence-electron chi connectivity index (χ3n) is 4.64. The first kappa shape index (κ1) is 14.3. The number of piperidine rings is 1. The lowest BCUT2D eigenvalue weighted by Gasteiger charge is -2.44. The second-order valence-electron chi connectivity index (χ2n) is 6.21. The van der Waals surface area contributed by atoms with Crippen molar-refractivity contribution in [1.29, 1.82) is 0 Å². The number of rotatable bonds is 2. The Kier molecular flexibility index (Phi) is 3.85. The lowest BCUT2D eigenvalue weighted by Crippen LogP contribution is -2.50. The predicted molar refractivity (Wildman–Crippen MR) is 69.4 cm³/mol. The first-order valence-corrected chi connectivity index (χ1v) is 6.82. The van der Waals surface area contributed by atoms with Crippen LogP contribution in [0.25, 0.3) is 0 Å². The molecule has 5 heteroatoms. The first-order chi connectivity index (χ1) is 8.92. The molecule has 0 saturated carbocycles. The van der Waals surface area contributed by atoms with E-state index in [4.69, 9.17) is 9.47 Å². The van der Waals surface area contributed by atoms with Gasteiger partial charge in [0.1, 0.15) is 0 Å². The van der Waals surface area contributed by atoms with Crippen LogP contribution in [-0.4, -0.2) is 50.2 Å². The average Bonchev–Trinajstić information content (AvgIpc) is 2.77. The summed E-state index contributed by atoms with van der Waals surface area (Å²) in [6.45, 7) is 5.87. The molecule has 0 aromatic heterocycles. The van der Waals surface area contributed by atoms with E-state index in [0.29, 0.717) is 6.54 Å². The highest BCUT2D eigenvalue weighted by atomic mass is 16.5. The summed E-state index contributed by atoms with van der Waals surface area (Å²) in [5, 5.41) is 0. The maximum Gasteiger partial charge on any atom is 0.311 e. The molecule has 0 aromatic rings. The van der Waals surface area contributed by atoms with Gasteiger partial charge in [0, 0.05) is 12.6 Å². The number of hydrogen-bond acceptors (Lipinski definition) is 5. The normalized spacial score (nSPS) is 33.6. The van der Waals surface area contributed by atoms with Gasteiger partial charge < -0.3 is 9.47 Å². The van der Waals surface area contributed by atoms with Crippen LogP contribution in [0.15, 0.2) is 0 Å². The first-order valence-electron chi connectivity index (χ1n) is 6.82. The summed E-state index contributed by atoms with van der Waals surface area (Å²) >= 11 is 0. The molecular formula is C14H23NO4. The van der Waals surface area contributed by atoms with Gasteiger partial charge >= 0.3 is 11.9 Å². The molecule has 2 rings (SSSR count). The highest BCUT2D eigenvalue weighted by Crippen LogP contribution is 2.46. The Bertz CT molecular complexity index is 380. The zero-order chi connectivity index (χ0) is 14.2. The molecule has 0 radical (unpaired) electrons. The number of carbonyl (C=O) groups excluding carboxylic acids is 2. The summed E-state index contributed by atoms with van der Waals surface area (Å²) in [7, 11) is 2.76. The van der Waals surface area contributed by atoms with Gasteiger partial charge in [-0.1, -0.05) is 13.8 Å². The van der Waals surface area contributed by atoms with Crippen molar-refractivity contribution < 1.29 is 19.1 Å². The van der Waals surface area contributed by atoms with Crippen molar-refractivity contribution in [1.82, 2.24) is 4.90 Å². The molecule has 0 unspecified atom stereocenters. The summed E-state index contributed by atoms with van der Waals surface area (Å²) in [6.07, 6.45) is 2.17. The van der Waals surface area contributed by atoms with E-state index >= 15 is 0 Å². The Balaban J connectivity index is 2.34. The van der Waals surface area contributed by atoms with E-state index in [2.05, 4.69) is 18.7 Å². The highest BCUT2D eigenvalue weighted by molar-refractivity contribution is 5.83. The van der Waals surface area contributed by atoms with Gasteiger partial charge in [0.15, 0.2) is 0 Å². The molecule has 2 aliphatic rings. The lowest BCUT2D eigenvalue weighted by atomic mass is 9.71. The Hall–Kier alpha value is -1.10. The van der Waals surface area contributed by atoms with Crippen LogP contribution in [0.4, 0.5) is 0 Å². The van der Waals surface area contributed by atoms with E-state index in [9.17, 15) is 9.59 Å². The summed E-state index contributed by atoms with van der Waals surface area (Å²) in [5.74, 6) is -1.41. The van der Waals surface area contributed by atoms with Gasteiger partial charge in [-0.05, 0) is 24.8 Å². The SMILES string of the molecule is COC(=O)[C@H]1[C@@H](C(=O)OC)CN2CCCC(C)(C)[C@@H]12. The number of methoxy groups -OCH3 is 2. The number of hydrogen-bond donors (Lipinski definition) is 0. The zero-order valence-electron chi connectivity index (χ0n) is 12.1. The monoisotopic (exact) mass is 269 g/mol. The Morgan fingerprint density at radius 1 is 1.16 bits per heavy atom. The number of nitrogens with zero attached hydrogens (tertiary/aromatic N) is 1. The molecule has 2 aliphatic heterocycles. The summed E-state index contributed by atoms with van der Waals surface area (Å²) in [6, 6.07) is 0.0674. The second kappa shape index (κ2) is 5.12. The summed E-state index contributed by atoms with van der Waals surface area (Å²) in [4.78, 5) is 26.3. The maximum atomic E-state index is 12.1. The van der Waals surface area contributed by atoms with E-state index in [1.807, 2.05) is 0 Å². The molecule has 2 fully saturated rings. The van der Waals surface area contributed by atoms with Crippen LogP contribution in [0.2, 0.25) is 0 Å². The number of fused-ring (bicyclic) bond motifs is 1. The molecule has 19 heavy (non-hydrogen) atoms. The van der Waals surface area contributed by atoms with E-state index in [1.165, 1.54) is 14.2 Å². The number of carbonyl (C=O) groups is 2. The highest BCUT2D eigenvalue weighted by Gasteiger charge is 2.56. The minimum absolute atomic E-state index is 0.0138. The molecule has 2 heterocycles. The van der Waals surface area contributed by atoms with Crippen molar-refractivity contribution in [3.05, 3.63) is 0 Å². The molecule has 0 spiro atoms. The molecule has 0 amide bonds. The van der Waals surface area contributed by atoms with Gasteiger partial charge in [-0.15, -0.1) is 0 Å². The Labute approximate surface area is 114 Å². The van der Waals surface area contributed by atoms with E-state index in [1.54, 1.807) is 0 Å².